The maximum absolute atomic E-state index is 13.9. The summed E-state index contributed by atoms with van der Waals surface area (Å²) in [6.45, 7) is 3.36. The van der Waals surface area contributed by atoms with E-state index in [2.05, 4.69) is 27.2 Å². The number of rotatable bonds is 4. The van der Waals surface area contributed by atoms with Crippen LogP contribution in [0.25, 0.3) is 22.1 Å². The monoisotopic (exact) mass is 492 g/mol. The number of anilines is 1. The van der Waals surface area contributed by atoms with Gasteiger partial charge in [-0.2, -0.15) is 0 Å². The van der Waals surface area contributed by atoms with Crippen molar-refractivity contribution < 1.29 is 9.90 Å². The molecule has 5 aromatic rings. The second-order valence-electron chi connectivity index (χ2n) is 8.60. The van der Waals surface area contributed by atoms with Crippen molar-refractivity contribution in [2.45, 2.75) is 26.0 Å². The number of carbonyl (C=O) groups is 1. The van der Waals surface area contributed by atoms with E-state index < -0.39 is 18.1 Å². The van der Waals surface area contributed by atoms with E-state index in [1.165, 1.54) is 4.52 Å². The Morgan fingerprint density at radius 2 is 1.89 bits per heavy atom. The van der Waals surface area contributed by atoms with Crippen molar-refractivity contribution in [3.8, 4) is 17.5 Å². The summed E-state index contributed by atoms with van der Waals surface area (Å²) in [5.74, 6) is 5.23. The molecule has 0 aliphatic carbocycles. The van der Waals surface area contributed by atoms with E-state index in [9.17, 15) is 14.7 Å². The van der Waals surface area contributed by atoms with E-state index in [0.29, 0.717) is 33.4 Å². The van der Waals surface area contributed by atoms with Gasteiger partial charge in [-0.05, 0) is 49.6 Å². The first kappa shape index (κ1) is 23.8. The lowest BCUT2D eigenvalue weighted by Crippen LogP contribution is -2.32. The van der Waals surface area contributed by atoms with Crippen molar-refractivity contribution in [2.24, 2.45) is 0 Å². The molecule has 1 amide bonds. The van der Waals surface area contributed by atoms with Crippen molar-refractivity contribution in [1.82, 2.24) is 24.5 Å². The maximum Gasteiger partial charge on any atom is 0.264 e. The average Bonchev–Trinajstić information content (AvgIpc) is 3.23. The van der Waals surface area contributed by atoms with Crippen molar-refractivity contribution in [3.05, 3.63) is 100 Å². The summed E-state index contributed by atoms with van der Waals surface area (Å²) in [6, 6.07) is 17.5. The molecule has 37 heavy (non-hydrogen) atoms. The molecule has 0 radical (unpaired) electrons. The molecular formula is C28H24N6O3. The Morgan fingerprint density at radius 3 is 2.65 bits per heavy atom. The Labute approximate surface area is 212 Å². The number of pyridine rings is 1. The topological polar surface area (TPSA) is 128 Å². The number of aliphatic hydroxyl groups excluding tert-OH is 1. The number of nitrogens with zero attached hydrogens (tertiary/aromatic N) is 4. The number of fused-ring (bicyclic) bond motifs is 2. The fourth-order valence-electron chi connectivity index (χ4n) is 4.29. The smallest absolute Gasteiger partial charge is 0.264 e. The number of nitrogens with one attached hydrogen (secondary N) is 1. The zero-order valence-corrected chi connectivity index (χ0v) is 20.2. The van der Waals surface area contributed by atoms with Crippen LogP contribution in [0.5, 0.6) is 0 Å². The predicted octanol–water partition coefficient (Wildman–Crippen LogP) is 2.84. The summed E-state index contributed by atoms with van der Waals surface area (Å²) in [5.41, 5.74) is 7.98. The molecule has 9 heteroatoms. The molecule has 5 rings (SSSR count). The third-order valence-corrected chi connectivity index (χ3v) is 5.95. The molecule has 0 bridgehead atoms. The summed E-state index contributed by atoms with van der Waals surface area (Å²) >= 11 is 0. The van der Waals surface area contributed by atoms with Gasteiger partial charge < -0.3 is 16.2 Å². The van der Waals surface area contributed by atoms with Gasteiger partial charge in [-0.15, -0.1) is 5.10 Å². The van der Waals surface area contributed by atoms with Gasteiger partial charge >= 0.3 is 0 Å². The van der Waals surface area contributed by atoms with Gasteiger partial charge in [0.2, 0.25) is 0 Å². The van der Waals surface area contributed by atoms with Crippen molar-refractivity contribution in [1.29, 1.82) is 0 Å². The Balaban J connectivity index is 1.66. The standard InChI is InChI=1S/C28H24N6O3/c1-17(35)12-13-19-8-6-9-20-16-22(34(28(37)23(19)20)21-10-4-3-5-11-21)18(2)31-27(36)24-25(29)32-33-15-7-14-30-26(24)33/h3-11,14-18,35H,1-2H3,(H2,29,32)(H,31,36)/t17-,18?/m0/s1. The minimum Gasteiger partial charge on any atom is -0.381 e. The number of aromatic nitrogens is 4. The minimum atomic E-state index is -0.831. The zero-order chi connectivity index (χ0) is 26.1. The van der Waals surface area contributed by atoms with Crippen molar-refractivity contribution >= 4 is 28.1 Å². The van der Waals surface area contributed by atoms with E-state index in [-0.39, 0.29) is 16.9 Å². The van der Waals surface area contributed by atoms with Gasteiger partial charge in [-0.3, -0.25) is 14.2 Å². The molecular weight excluding hydrogens is 468 g/mol. The quantitative estimate of drug-likeness (QED) is 0.331. The molecule has 0 aliphatic heterocycles. The van der Waals surface area contributed by atoms with Crippen LogP contribution < -0.4 is 16.6 Å². The number of amides is 1. The number of benzene rings is 2. The molecule has 1 unspecified atom stereocenters. The lowest BCUT2D eigenvalue weighted by molar-refractivity contribution is 0.0941. The molecule has 3 heterocycles. The molecule has 0 saturated carbocycles. The Morgan fingerprint density at radius 1 is 1.11 bits per heavy atom. The minimum absolute atomic E-state index is 0.0590. The summed E-state index contributed by atoms with van der Waals surface area (Å²) in [7, 11) is 0. The van der Waals surface area contributed by atoms with Gasteiger partial charge in [0.05, 0.1) is 11.4 Å². The number of carbonyl (C=O) groups excluding carboxylic acids is 1. The first-order valence-corrected chi connectivity index (χ1v) is 11.7. The zero-order valence-electron chi connectivity index (χ0n) is 20.2. The number of nitrogens with two attached hydrogens (primary N) is 1. The third kappa shape index (κ3) is 4.42. The summed E-state index contributed by atoms with van der Waals surface area (Å²) in [4.78, 5) is 31.5. The maximum atomic E-state index is 13.9. The van der Waals surface area contributed by atoms with E-state index in [1.54, 1.807) is 49.0 Å². The number of para-hydroxylation sites is 1. The third-order valence-electron chi connectivity index (χ3n) is 5.95. The molecule has 9 nitrogen and oxygen atoms in total. The highest BCUT2D eigenvalue weighted by Gasteiger charge is 2.23. The predicted molar refractivity (Wildman–Crippen MR) is 141 cm³/mol. The second-order valence-corrected chi connectivity index (χ2v) is 8.60. The van der Waals surface area contributed by atoms with Crippen LogP contribution in [0.15, 0.2) is 77.9 Å². The summed E-state index contributed by atoms with van der Waals surface area (Å²) in [5, 5.41) is 17.8. The lowest BCUT2D eigenvalue weighted by atomic mass is 10.0. The molecule has 0 fully saturated rings. The van der Waals surface area contributed by atoms with Crippen LogP contribution in [0, 0.1) is 11.8 Å². The van der Waals surface area contributed by atoms with E-state index >= 15 is 0 Å². The fourth-order valence-corrected chi connectivity index (χ4v) is 4.29. The first-order chi connectivity index (χ1) is 17.8. The molecule has 0 spiro atoms. The Kier molecular flexibility index (Phi) is 6.17. The molecule has 3 aromatic heterocycles. The van der Waals surface area contributed by atoms with Crippen LogP contribution in [0.4, 0.5) is 5.82 Å². The Bertz CT molecular complexity index is 1760. The van der Waals surface area contributed by atoms with Crippen molar-refractivity contribution in [2.75, 3.05) is 5.73 Å². The molecule has 2 atom stereocenters. The van der Waals surface area contributed by atoms with Crippen LogP contribution in [0.1, 0.15) is 41.5 Å². The summed E-state index contributed by atoms with van der Waals surface area (Å²) in [6.07, 6.45) is 2.39. The van der Waals surface area contributed by atoms with Gasteiger partial charge in [0.15, 0.2) is 11.5 Å². The number of nitrogen functional groups attached to an aromatic ring is 1. The molecule has 2 aromatic carbocycles. The largest absolute Gasteiger partial charge is 0.381 e. The SMILES string of the molecule is CC(NC(=O)c1c(N)nn2cccnc12)c1cc2cccc(C#C[C@H](C)O)c2c(=O)n1-c1ccccc1. The molecule has 0 aliphatic rings. The number of hydrogen-bond donors (Lipinski definition) is 3. The number of hydrogen-bond acceptors (Lipinski definition) is 6. The van der Waals surface area contributed by atoms with Gasteiger partial charge in [0.25, 0.3) is 11.5 Å². The lowest BCUT2D eigenvalue weighted by Gasteiger charge is -2.21. The van der Waals surface area contributed by atoms with Crippen LogP contribution in [0.2, 0.25) is 0 Å². The van der Waals surface area contributed by atoms with Crippen LogP contribution in [-0.2, 0) is 0 Å². The highest BCUT2D eigenvalue weighted by Crippen LogP contribution is 2.24. The average molecular weight is 493 g/mol. The van der Waals surface area contributed by atoms with Crippen molar-refractivity contribution in [3.63, 3.8) is 0 Å². The fraction of sp³-hybridized carbons (Fsp3) is 0.143. The molecule has 4 N–H and O–H groups in total. The van der Waals surface area contributed by atoms with Crippen LogP contribution >= 0.6 is 0 Å². The van der Waals surface area contributed by atoms with Gasteiger partial charge in [-0.25, -0.2) is 9.50 Å². The second kappa shape index (κ2) is 9.60. The van der Waals surface area contributed by atoms with E-state index in [0.717, 1.165) is 0 Å². The van der Waals surface area contributed by atoms with E-state index in [4.69, 9.17) is 5.73 Å². The van der Waals surface area contributed by atoms with Gasteiger partial charge in [0.1, 0.15) is 11.7 Å². The number of aliphatic hydroxyl groups is 1. The van der Waals surface area contributed by atoms with E-state index in [1.807, 2.05) is 42.5 Å². The summed E-state index contributed by atoms with van der Waals surface area (Å²) < 4.78 is 3.01. The van der Waals surface area contributed by atoms with Gasteiger partial charge in [-0.1, -0.05) is 42.2 Å². The molecule has 0 saturated heterocycles. The van der Waals surface area contributed by atoms with Crippen LogP contribution in [-0.4, -0.2) is 36.3 Å². The highest BCUT2D eigenvalue weighted by molar-refractivity contribution is 6.04. The highest BCUT2D eigenvalue weighted by atomic mass is 16.3. The van der Waals surface area contributed by atoms with Gasteiger partial charge in [0, 0.05) is 29.3 Å². The van der Waals surface area contributed by atoms with Crippen LogP contribution in [0.3, 0.4) is 0 Å². The first-order valence-electron chi connectivity index (χ1n) is 11.7. The normalized spacial score (nSPS) is 12.6. The Hall–Kier alpha value is -4.94. The molecule has 184 valence electrons.